The lowest BCUT2D eigenvalue weighted by Gasteiger charge is -2.35. The first-order valence-electron chi connectivity index (χ1n) is 11.9. The first-order valence-corrected chi connectivity index (χ1v) is 12.7. The lowest BCUT2D eigenvalue weighted by atomic mass is 9.84. The highest BCUT2D eigenvalue weighted by Crippen LogP contribution is 2.49. The van der Waals surface area contributed by atoms with Gasteiger partial charge in [0.1, 0.15) is 0 Å². The van der Waals surface area contributed by atoms with Crippen LogP contribution in [0.25, 0.3) is 10.8 Å². The molecule has 0 saturated heterocycles. The van der Waals surface area contributed by atoms with Crippen molar-refractivity contribution in [2.24, 2.45) is 4.99 Å². The summed E-state index contributed by atoms with van der Waals surface area (Å²) in [6.07, 6.45) is 0. The fourth-order valence-corrected chi connectivity index (χ4v) is 5.74. The number of benzene rings is 5. The number of aliphatic imine (C=N–C) groups is 1. The molecule has 2 nitrogen and oxygen atoms in total. The van der Waals surface area contributed by atoms with E-state index in [9.17, 15) is 0 Å². The van der Waals surface area contributed by atoms with Crippen molar-refractivity contribution in [2.75, 3.05) is 6.61 Å². The third-order valence-corrected chi connectivity index (χ3v) is 7.40. The van der Waals surface area contributed by atoms with Crippen molar-refractivity contribution in [3.63, 3.8) is 0 Å². The SMILES string of the molecule is CCOC(=Nc1ccc2ccccc2c1)SC(c1ccccc1)(c1ccccc1)c1ccccc1. The molecule has 0 aromatic heterocycles. The van der Waals surface area contributed by atoms with Gasteiger partial charge in [0.2, 0.25) is 0 Å². The molecular weight excluding hydrogens is 446 g/mol. The predicted molar refractivity (Wildman–Crippen MR) is 149 cm³/mol. The van der Waals surface area contributed by atoms with Crippen LogP contribution in [0.4, 0.5) is 5.69 Å². The minimum absolute atomic E-state index is 0.533. The summed E-state index contributed by atoms with van der Waals surface area (Å²) in [5.74, 6) is 0. The van der Waals surface area contributed by atoms with Gasteiger partial charge in [0.15, 0.2) is 0 Å². The Labute approximate surface area is 211 Å². The first kappa shape index (κ1) is 22.9. The third kappa shape index (κ3) is 4.87. The molecule has 0 saturated carbocycles. The molecule has 0 radical (unpaired) electrons. The zero-order valence-corrected chi connectivity index (χ0v) is 20.5. The summed E-state index contributed by atoms with van der Waals surface area (Å²) < 4.78 is 5.66. The van der Waals surface area contributed by atoms with E-state index in [0.29, 0.717) is 11.8 Å². The second-order valence-electron chi connectivity index (χ2n) is 8.22. The van der Waals surface area contributed by atoms with Crippen molar-refractivity contribution >= 4 is 33.5 Å². The molecule has 0 atom stereocenters. The zero-order valence-electron chi connectivity index (χ0n) is 19.7. The van der Waals surface area contributed by atoms with E-state index in [2.05, 4.69) is 133 Å². The smallest absolute Gasteiger partial charge is 0.252 e. The van der Waals surface area contributed by atoms with Gasteiger partial charge >= 0.3 is 0 Å². The summed E-state index contributed by atoms with van der Waals surface area (Å²) in [5.41, 5.74) is 4.40. The van der Waals surface area contributed by atoms with Gasteiger partial charge in [-0.2, -0.15) is 0 Å². The van der Waals surface area contributed by atoms with Crippen molar-refractivity contribution in [2.45, 2.75) is 11.7 Å². The van der Waals surface area contributed by atoms with E-state index in [0.717, 1.165) is 11.1 Å². The Morgan fingerprint density at radius 1 is 0.629 bits per heavy atom. The fraction of sp³-hybridized carbons (Fsp3) is 0.0938. The first-order chi connectivity index (χ1) is 17.3. The lowest BCUT2D eigenvalue weighted by Crippen LogP contribution is -2.28. The zero-order chi connectivity index (χ0) is 23.9. The Morgan fingerprint density at radius 2 is 1.11 bits per heavy atom. The molecule has 0 bridgehead atoms. The van der Waals surface area contributed by atoms with Crippen LogP contribution in [0.2, 0.25) is 0 Å². The van der Waals surface area contributed by atoms with Crippen LogP contribution in [0.5, 0.6) is 0 Å². The van der Waals surface area contributed by atoms with Gasteiger partial charge in [0, 0.05) is 0 Å². The second-order valence-corrected chi connectivity index (χ2v) is 9.39. The van der Waals surface area contributed by atoms with Crippen LogP contribution in [-0.2, 0) is 9.48 Å². The maximum absolute atomic E-state index is 6.19. The average molecular weight is 474 g/mol. The second kappa shape index (κ2) is 10.6. The van der Waals surface area contributed by atoms with Crippen LogP contribution in [0.1, 0.15) is 23.6 Å². The van der Waals surface area contributed by atoms with Crippen molar-refractivity contribution in [3.05, 3.63) is 150 Å². The molecule has 35 heavy (non-hydrogen) atoms. The van der Waals surface area contributed by atoms with Gasteiger partial charge in [-0.05, 0) is 58.3 Å². The molecule has 0 aliphatic carbocycles. The molecule has 0 aliphatic heterocycles. The highest BCUT2D eigenvalue weighted by Gasteiger charge is 2.39. The Hall–Kier alpha value is -3.82. The molecule has 3 heteroatoms. The van der Waals surface area contributed by atoms with E-state index < -0.39 is 4.75 Å². The van der Waals surface area contributed by atoms with Crippen molar-refractivity contribution in [1.82, 2.24) is 0 Å². The molecule has 0 unspecified atom stereocenters. The van der Waals surface area contributed by atoms with E-state index in [4.69, 9.17) is 9.73 Å². The van der Waals surface area contributed by atoms with Crippen molar-refractivity contribution < 1.29 is 4.74 Å². The number of thioether (sulfide) groups is 1. The predicted octanol–water partition coefficient (Wildman–Crippen LogP) is 8.59. The van der Waals surface area contributed by atoms with Crippen LogP contribution in [0.3, 0.4) is 0 Å². The van der Waals surface area contributed by atoms with E-state index >= 15 is 0 Å². The minimum Gasteiger partial charge on any atom is -0.473 e. The Morgan fingerprint density at radius 3 is 1.63 bits per heavy atom. The van der Waals surface area contributed by atoms with Crippen LogP contribution in [0, 0.1) is 0 Å². The van der Waals surface area contributed by atoms with E-state index in [1.807, 2.05) is 6.92 Å². The Kier molecular flexibility index (Phi) is 6.97. The summed E-state index contributed by atoms with van der Waals surface area (Å²) in [5, 5.41) is 3.00. The fourth-order valence-electron chi connectivity index (χ4n) is 4.39. The molecule has 0 amide bonds. The number of nitrogens with zero attached hydrogens (tertiary/aromatic N) is 1. The summed E-state index contributed by atoms with van der Waals surface area (Å²) in [6, 6.07) is 46.5. The maximum Gasteiger partial charge on any atom is 0.252 e. The van der Waals surface area contributed by atoms with Crippen LogP contribution >= 0.6 is 11.8 Å². The van der Waals surface area contributed by atoms with Gasteiger partial charge in [-0.1, -0.05) is 121 Å². The molecule has 0 N–H and O–H groups in total. The monoisotopic (exact) mass is 473 g/mol. The van der Waals surface area contributed by atoms with E-state index in [-0.39, 0.29) is 0 Å². The quantitative estimate of drug-likeness (QED) is 0.140. The highest BCUT2D eigenvalue weighted by atomic mass is 32.2. The van der Waals surface area contributed by atoms with Gasteiger partial charge in [0.05, 0.1) is 17.0 Å². The summed E-state index contributed by atoms with van der Waals surface area (Å²) in [4.78, 5) is 5.02. The third-order valence-electron chi connectivity index (χ3n) is 6.00. The van der Waals surface area contributed by atoms with E-state index in [1.54, 1.807) is 11.8 Å². The van der Waals surface area contributed by atoms with Gasteiger partial charge < -0.3 is 4.74 Å². The number of hydrogen-bond acceptors (Lipinski definition) is 3. The summed E-state index contributed by atoms with van der Waals surface area (Å²) >= 11 is 1.65. The standard InChI is InChI=1S/C32H27NOS/c1-2-34-31(33-30-23-22-25-14-12-13-15-26(25)24-30)35-32(27-16-6-3-7-17-27,28-18-8-4-9-19-28)29-20-10-5-11-21-29/h3-24H,2H2,1H3. The number of hydrogen-bond donors (Lipinski definition) is 0. The normalized spacial score (nSPS) is 12.0. The maximum atomic E-state index is 6.19. The van der Waals surface area contributed by atoms with Gasteiger partial charge in [-0.15, -0.1) is 0 Å². The number of rotatable bonds is 6. The summed E-state index contributed by atoms with van der Waals surface area (Å²) in [7, 11) is 0. The van der Waals surface area contributed by atoms with Crippen LogP contribution < -0.4 is 0 Å². The number of ether oxygens (including phenoxy) is 1. The Bertz CT molecular complexity index is 1320. The highest BCUT2D eigenvalue weighted by molar-refractivity contribution is 8.14. The molecule has 0 aliphatic rings. The average Bonchev–Trinajstić information content (AvgIpc) is 2.93. The van der Waals surface area contributed by atoms with Crippen LogP contribution in [0.15, 0.2) is 138 Å². The number of fused-ring (bicyclic) bond motifs is 1. The molecule has 5 aromatic carbocycles. The minimum atomic E-state index is -0.533. The van der Waals surface area contributed by atoms with Crippen molar-refractivity contribution in [3.8, 4) is 0 Å². The molecule has 0 spiro atoms. The lowest BCUT2D eigenvalue weighted by molar-refractivity contribution is 0.338. The molecular formula is C32H27NOS. The molecule has 0 heterocycles. The van der Waals surface area contributed by atoms with Gasteiger partial charge in [-0.3, -0.25) is 0 Å². The van der Waals surface area contributed by atoms with Gasteiger partial charge in [0.25, 0.3) is 5.23 Å². The van der Waals surface area contributed by atoms with Crippen molar-refractivity contribution in [1.29, 1.82) is 0 Å². The Balaban J connectivity index is 1.69. The van der Waals surface area contributed by atoms with Gasteiger partial charge in [-0.25, -0.2) is 4.99 Å². The van der Waals surface area contributed by atoms with E-state index in [1.165, 1.54) is 22.1 Å². The van der Waals surface area contributed by atoms with Crippen LogP contribution in [-0.4, -0.2) is 11.8 Å². The largest absolute Gasteiger partial charge is 0.473 e. The molecule has 0 fully saturated rings. The molecule has 172 valence electrons. The summed E-state index contributed by atoms with van der Waals surface area (Å²) in [6.45, 7) is 2.54. The topological polar surface area (TPSA) is 21.6 Å². The molecule has 5 rings (SSSR count). The molecule has 5 aromatic rings.